The van der Waals surface area contributed by atoms with Gasteiger partial charge in [-0.2, -0.15) is 0 Å². The molecule has 1 rings (SSSR count). The van der Waals surface area contributed by atoms with Crippen LogP contribution in [0.25, 0.3) is 0 Å². The minimum Gasteiger partial charge on any atom is -0.481 e. The summed E-state index contributed by atoms with van der Waals surface area (Å²) in [5, 5.41) is 9.71. The van der Waals surface area contributed by atoms with Crippen LogP contribution in [0, 0.1) is 22.2 Å². The van der Waals surface area contributed by atoms with Crippen molar-refractivity contribution in [1.29, 1.82) is 0 Å². The number of hydrogen-bond acceptors (Lipinski definition) is 3. The van der Waals surface area contributed by atoms with Crippen molar-refractivity contribution < 1.29 is 19.4 Å². The zero-order valence-electron chi connectivity index (χ0n) is 13.5. The van der Waals surface area contributed by atoms with Crippen molar-refractivity contribution in [1.82, 2.24) is 0 Å². The Kier molecular flexibility index (Phi) is 4.10. The quantitative estimate of drug-likeness (QED) is 0.635. The fourth-order valence-electron chi connectivity index (χ4n) is 3.80. The third-order valence-corrected chi connectivity index (χ3v) is 4.47. The summed E-state index contributed by atoms with van der Waals surface area (Å²) >= 11 is 0. The van der Waals surface area contributed by atoms with Crippen molar-refractivity contribution in [3.8, 4) is 0 Å². The summed E-state index contributed by atoms with van der Waals surface area (Å²) in [5.74, 6) is -1.40. The molecule has 4 nitrogen and oxygen atoms in total. The first-order chi connectivity index (χ1) is 8.89. The number of hydrogen-bond donors (Lipinski definition) is 1. The van der Waals surface area contributed by atoms with Gasteiger partial charge in [0.1, 0.15) is 0 Å². The average Bonchev–Trinajstić information content (AvgIpc) is 2.71. The van der Waals surface area contributed by atoms with E-state index in [1.807, 2.05) is 34.6 Å². The smallest absolute Gasteiger partial charge is 0.330 e. The lowest BCUT2D eigenvalue weighted by atomic mass is 9.72. The van der Waals surface area contributed by atoms with E-state index in [4.69, 9.17) is 4.74 Å². The Morgan fingerprint density at radius 3 is 2.05 bits per heavy atom. The van der Waals surface area contributed by atoms with E-state index in [-0.39, 0.29) is 22.9 Å². The topological polar surface area (TPSA) is 63.6 Å². The number of aliphatic carboxylic acids is 1. The van der Waals surface area contributed by atoms with Crippen LogP contribution >= 0.6 is 0 Å². The highest BCUT2D eigenvalue weighted by molar-refractivity contribution is 5.85. The van der Waals surface area contributed by atoms with E-state index in [0.717, 1.165) is 0 Å². The molecule has 0 spiro atoms. The predicted octanol–water partition coefficient (Wildman–Crippen LogP) is 3.27. The minimum atomic E-state index is -0.853. The van der Waals surface area contributed by atoms with Gasteiger partial charge in [0.25, 0.3) is 0 Å². The lowest BCUT2D eigenvalue weighted by Gasteiger charge is -2.30. The number of esters is 1. The van der Waals surface area contributed by atoms with Gasteiger partial charge in [-0.15, -0.1) is 0 Å². The van der Waals surface area contributed by atoms with Crippen LogP contribution in [0.15, 0.2) is 12.2 Å². The third-order valence-electron chi connectivity index (χ3n) is 4.47. The van der Waals surface area contributed by atoms with Crippen molar-refractivity contribution in [3.63, 3.8) is 0 Å². The zero-order valence-corrected chi connectivity index (χ0v) is 13.5. The largest absolute Gasteiger partial charge is 0.481 e. The minimum absolute atomic E-state index is 0.174. The first-order valence-electron chi connectivity index (χ1n) is 7.01. The van der Waals surface area contributed by atoms with Gasteiger partial charge in [-0.25, -0.2) is 4.79 Å². The van der Waals surface area contributed by atoms with Gasteiger partial charge in [-0.05, 0) is 24.7 Å². The summed E-state index contributed by atoms with van der Waals surface area (Å²) in [5.41, 5.74) is -1.63. The Morgan fingerprint density at radius 1 is 1.25 bits per heavy atom. The molecule has 0 aromatic rings. The molecule has 0 aromatic carbocycles. The number of carbonyl (C=O) groups excluding carboxylic acids is 1. The number of allylic oxidation sites excluding steroid dienone is 1. The van der Waals surface area contributed by atoms with Crippen molar-refractivity contribution in [2.75, 3.05) is 0 Å². The second-order valence-corrected chi connectivity index (χ2v) is 7.41. The molecule has 1 aliphatic carbocycles. The van der Waals surface area contributed by atoms with E-state index >= 15 is 0 Å². The van der Waals surface area contributed by atoms with E-state index in [1.165, 1.54) is 6.08 Å². The van der Waals surface area contributed by atoms with Crippen molar-refractivity contribution in [2.24, 2.45) is 22.2 Å². The zero-order chi connectivity index (χ0) is 15.9. The first kappa shape index (κ1) is 16.7. The number of carboxylic acids is 1. The molecule has 0 bridgehead atoms. The summed E-state index contributed by atoms with van der Waals surface area (Å²) in [4.78, 5) is 23.4. The SMILES string of the molecule is CC(C)OC(=O)C=C[C@H]1C(C)(C)[C@]1(C(=O)O)C(C)(C)C. The number of carboxylic acid groups (broad SMARTS) is 1. The number of ether oxygens (including phenoxy) is 1. The summed E-state index contributed by atoms with van der Waals surface area (Å²) in [6.45, 7) is 13.2. The summed E-state index contributed by atoms with van der Waals surface area (Å²) in [6.07, 6.45) is 2.89. The summed E-state index contributed by atoms with van der Waals surface area (Å²) in [7, 11) is 0. The molecule has 2 atom stereocenters. The Labute approximate surface area is 121 Å². The van der Waals surface area contributed by atoms with Crippen LogP contribution in [0.3, 0.4) is 0 Å². The molecule has 0 radical (unpaired) electrons. The van der Waals surface area contributed by atoms with Crippen LogP contribution in [-0.2, 0) is 14.3 Å². The second-order valence-electron chi connectivity index (χ2n) is 7.41. The molecule has 1 N–H and O–H groups in total. The lowest BCUT2D eigenvalue weighted by molar-refractivity contribution is -0.150. The molecule has 1 fully saturated rings. The van der Waals surface area contributed by atoms with Gasteiger partial charge >= 0.3 is 11.9 Å². The van der Waals surface area contributed by atoms with Crippen molar-refractivity contribution >= 4 is 11.9 Å². The van der Waals surface area contributed by atoms with Gasteiger partial charge in [-0.1, -0.05) is 40.7 Å². The average molecular weight is 282 g/mol. The molecular weight excluding hydrogens is 256 g/mol. The molecule has 20 heavy (non-hydrogen) atoms. The molecule has 1 saturated carbocycles. The lowest BCUT2D eigenvalue weighted by Crippen LogP contribution is -2.35. The molecule has 0 aromatic heterocycles. The van der Waals surface area contributed by atoms with Crippen molar-refractivity contribution in [2.45, 2.75) is 54.6 Å². The number of rotatable bonds is 4. The van der Waals surface area contributed by atoms with Gasteiger partial charge < -0.3 is 9.84 Å². The molecule has 0 aliphatic heterocycles. The molecule has 0 amide bonds. The molecule has 0 heterocycles. The molecule has 4 heteroatoms. The summed E-state index contributed by atoms with van der Waals surface area (Å²) in [6, 6.07) is 0. The molecule has 0 unspecified atom stereocenters. The maximum absolute atomic E-state index is 11.8. The van der Waals surface area contributed by atoms with E-state index < -0.39 is 17.4 Å². The Balaban J connectivity index is 3.01. The van der Waals surface area contributed by atoms with E-state index in [2.05, 4.69) is 0 Å². The highest BCUT2D eigenvalue weighted by Gasteiger charge is 2.79. The second kappa shape index (κ2) is 4.90. The standard InChI is InChI=1S/C16H26O4/c1-10(2)20-12(17)9-8-11-15(6,7)16(11,13(18)19)14(3,4)5/h8-11H,1-7H3,(H,18,19)/t11-,16+/m0/s1. The van der Waals surface area contributed by atoms with Gasteiger partial charge in [0.15, 0.2) is 0 Å². The van der Waals surface area contributed by atoms with E-state index in [9.17, 15) is 14.7 Å². The maximum Gasteiger partial charge on any atom is 0.330 e. The summed E-state index contributed by atoms with van der Waals surface area (Å²) < 4.78 is 5.04. The third kappa shape index (κ3) is 2.36. The first-order valence-corrected chi connectivity index (χ1v) is 7.01. The molecule has 0 saturated heterocycles. The van der Waals surface area contributed by atoms with Crippen LogP contribution in [0.4, 0.5) is 0 Å². The Hall–Kier alpha value is -1.32. The highest BCUT2D eigenvalue weighted by atomic mass is 16.5. The van der Waals surface area contributed by atoms with E-state index in [0.29, 0.717) is 0 Å². The normalized spacial score (nSPS) is 28.7. The van der Waals surface area contributed by atoms with Crippen molar-refractivity contribution in [3.05, 3.63) is 12.2 Å². The van der Waals surface area contributed by atoms with Crippen LogP contribution < -0.4 is 0 Å². The van der Waals surface area contributed by atoms with Gasteiger partial charge in [0.2, 0.25) is 0 Å². The van der Waals surface area contributed by atoms with Gasteiger partial charge in [0, 0.05) is 12.0 Å². The Morgan fingerprint density at radius 2 is 1.75 bits per heavy atom. The highest BCUT2D eigenvalue weighted by Crippen LogP contribution is 2.76. The number of carbonyl (C=O) groups is 2. The van der Waals surface area contributed by atoms with Gasteiger partial charge in [-0.3, -0.25) is 4.79 Å². The fourth-order valence-corrected chi connectivity index (χ4v) is 3.80. The van der Waals surface area contributed by atoms with Crippen LogP contribution in [0.2, 0.25) is 0 Å². The molecular formula is C16H26O4. The van der Waals surface area contributed by atoms with Crippen LogP contribution in [0.5, 0.6) is 0 Å². The van der Waals surface area contributed by atoms with Crippen LogP contribution in [0.1, 0.15) is 48.5 Å². The van der Waals surface area contributed by atoms with E-state index in [1.54, 1.807) is 19.9 Å². The fraction of sp³-hybridized carbons (Fsp3) is 0.750. The Bertz CT molecular complexity index is 440. The maximum atomic E-state index is 11.8. The van der Waals surface area contributed by atoms with Gasteiger partial charge in [0.05, 0.1) is 11.5 Å². The predicted molar refractivity (Wildman–Crippen MR) is 77.2 cm³/mol. The van der Waals surface area contributed by atoms with Crippen LogP contribution in [-0.4, -0.2) is 23.1 Å². The monoisotopic (exact) mass is 282 g/mol. The molecule has 114 valence electrons. The molecule has 1 aliphatic rings.